The van der Waals surface area contributed by atoms with Crippen LogP contribution in [0.15, 0.2) is 22.7 Å². The Morgan fingerprint density at radius 2 is 2.06 bits per heavy atom. The van der Waals surface area contributed by atoms with Gasteiger partial charge < -0.3 is 11.1 Å². The number of nitrogens with two attached hydrogens (primary N) is 1. The third-order valence-electron chi connectivity index (χ3n) is 2.99. The summed E-state index contributed by atoms with van der Waals surface area (Å²) in [6.07, 6.45) is 4.36. The van der Waals surface area contributed by atoms with Crippen molar-refractivity contribution in [3.63, 3.8) is 0 Å². The maximum atomic E-state index is 11.8. The molecule has 1 aliphatic carbocycles. The number of nitrogens with one attached hydrogen (secondary N) is 1. The molecule has 0 saturated heterocycles. The van der Waals surface area contributed by atoms with Gasteiger partial charge in [0.25, 0.3) is 0 Å². The van der Waals surface area contributed by atoms with Gasteiger partial charge in [-0.2, -0.15) is 0 Å². The topological polar surface area (TPSA) is 55.1 Å². The zero-order valence-electron chi connectivity index (χ0n) is 9.00. The number of nitrogen functional groups attached to an aromatic ring is 1. The van der Waals surface area contributed by atoms with E-state index in [1.165, 1.54) is 12.8 Å². The van der Waals surface area contributed by atoms with Gasteiger partial charge in [-0.15, -0.1) is 0 Å². The maximum Gasteiger partial charge on any atom is 0.227 e. The summed E-state index contributed by atoms with van der Waals surface area (Å²) in [6.45, 7) is 0. The highest BCUT2D eigenvalue weighted by molar-refractivity contribution is 9.10. The van der Waals surface area contributed by atoms with Crippen LogP contribution in [-0.4, -0.2) is 5.91 Å². The monoisotopic (exact) mass is 282 g/mol. The second-order valence-electron chi connectivity index (χ2n) is 4.21. The highest BCUT2D eigenvalue weighted by atomic mass is 79.9. The van der Waals surface area contributed by atoms with E-state index in [1.807, 2.05) is 12.1 Å². The fourth-order valence-corrected chi connectivity index (χ4v) is 2.30. The van der Waals surface area contributed by atoms with Crippen molar-refractivity contribution >= 4 is 33.2 Å². The zero-order chi connectivity index (χ0) is 11.5. The Balaban J connectivity index is 2.02. The largest absolute Gasteiger partial charge is 0.398 e. The fraction of sp³-hybridized carbons (Fsp3) is 0.417. The van der Waals surface area contributed by atoms with Crippen LogP contribution in [0.4, 0.5) is 11.4 Å². The van der Waals surface area contributed by atoms with Crippen LogP contribution < -0.4 is 11.1 Å². The van der Waals surface area contributed by atoms with Crippen LogP contribution in [-0.2, 0) is 4.79 Å². The van der Waals surface area contributed by atoms with Crippen molar-refractivity contribution in [2.24, 2.45) is 5.92 Å². The molecule has 0 heterocycles. The van der Waals surface area contributed by atoms with E-state index in [2.05, 4.69) is 21.2 Å². The molecular formula is C12H15BrN2O. The lowest BCUT2D eigenvalue weighted by Gasteiger charge is -2.11. The maximum absolute atomic E-state index is 11.8. The van der Waals surface area contributed by atoms with E-state index in [0.29, 0.717) is 5.69 Å². The number of carbonyl (C=O) groups excluding carboxylic acids is 1. The lowest BCUT2D eigenvalue weighted by Crippen LogP contribution is -2.20. The minimum atomic E-state index is 0.124. The molecule has 4 heteroatoms. The summed E-state index contributed by atoms with van der Waals surface area (Å²) in [7, 11) is 0. The van der Waals surface area contributed by atoms with Crippen molar-refractivity contribution < 1.29 is 4.79 Å². The number of halogens is 1. The molecule has 3 N–H and O–H groups in total. The number of rotatable bonds is 2. The Hall–Kier alpha value is -1.03. The van der Waals surface area contributed by atoms with Gasteiger partial charge in [0.05, 0.1) is 0 Å². The van der Waals surface area contributed by atoms with E-state index < -0.39 is 0 Å². The Morgan fingerprint density at radius 1 is 1.38 bits per heavy atom. The number of amides is 1. The SMILES string of the molecule is Nc1cc(NC(=O)C2CCCC2)ccc1Br. The molecule has 1 aliphatic rings. The number of carbonyl (C=O) groups is 1. The van der Waals surface area contributed by atoms with Crippen molar-refractivity contribution in [2.75, 3.05) is 11.1 Å². The van der Waals surface area contributed by atoms with Crippen molar-refractivity contribution in [3.8, 4) is 0 Å². The highest BCUT2D eigenvalue weighted by Gasteiger charge is 2.22. The minimum absolute atomic E-state index is 0.124. The van der Waals surface area contributed by atoms with Crippen molar-refractivity contribution in [2.45, 2.75) is 25.7 Å². The molecule has 2 rings (SSSR count). The predicted molar refractivity (Wildman–Crippen MR) is 69.1 cm³/mol. The van der Waals surface area contributed by atoms with Gasteiger partial charge in [-0.3, -0.25) is 4.79 Å². The standard InChI is InChI=1S/C12H15BrN2O/c13-10-6-5-9(7-11(10)14)15-12(16)8-3-1-2-4-8/h5-8H,1-4,14H2,(H,15,16). The molecule has 0 spiro atoms. The normalized spacial score (nSPS) is 16.3. The molecule has 0 unspecified atom stereocenters. The molecule has 86 valence electrons. The molecule has 1 saturated carbocycles. The van der Waals surface area contributed by atoms with Crippen LogP contribution in [0.3, 0.4) is 0 Å². The highest BCUT2D eigenvalue weighted by Crippen LogP contribution is 2.27. The van der Waals surface area contributed by atoms with E-state index in [1.54, 1.807) is 6.07 Å². The molecule has 1 fully saturated rings. The summed E-state index contributed by atoms with van der Waals surface area (Å²) in [5, 5.41) is 2.91. The molecule has 0 radical (unpaired) electrons. The van der Waals surface area contributed by atoms with E-state index in [4.69, 9.17) is 5.73 Å². The second-order valence-corrected chi connectivity index (χ2v) is 5.06. The minimum Gasteiger partial charge on any atom is -0.398 e. The first-order valence-electron chi connectivity index (χ1n) is 5.52. The van der Waals surface area contributed by atoms with Gasteiger partial charge in [0.2, 0.25) is 5.91 Å². The van der Waals surface area contributed by atoms with E-state index >= 15 is 0 Å². The van der Waals surface area contributed by atoms with E-state index in [-0.39, 0.29) is 11.8 Å². The predicted octanol–water partition coefficient (Wildman–Crippen LogP) is 3.16. The molecule has 0 atom stereocenters. The Labute approximate surface area is 104 Å². The number of hydrogen-bond donors (Lipinski definition) is 2. The van der Waals surface area contributed by atoms with Crippen molar-refractivity contribution in [1.82, 2.24) is 0 Å². The molecule has 0 aliphatic heterocycles. The van der Waals surface area contributed by atoms with Crippen molar-refractivity contribution in [3.05, 3.63) is 22.7 Å². The summed E-state index contributed by atoms with van der Waals surface area (Å²) in [5.74, 6) is 0.309. The Bertz CT molecular complexity index is 400. The van der Waals surface area contributed by atoms with Gasteiger partial charge in [0.15, 0.2) is 0 Å². The Morgan fingerprint density at radius 3 is 2.69 bits per heavy atom. The van der Waals surface area contributed by atoms with Gasteiger partial charge >= 0.3 is 0 Å². The molecule has 16 heavy (non-hydrogen) atoms. The van der Waals surface area contributed by atoms with Gasteiger partial charge in [-0.25, -0.2) is 0 Å². The van der Waals surface area contributed by atoms with E-state index in [0.717, 1.165) is 23.0 Å². The van der Waals surface area contributed by atoms with Crippen LogP contribution in [0.2, 0.25) is 0 Å². The quantitative estimate of drug-likeness (QED) is 0.819. The summed E-state index contributed by atoms with van der Waals surface area (Å²) in [6, 6.07) is 5.48. The molecule has 1 aromatic rings. The first-order chi connectivity index (χ1) is 7.66. The first-order valence-corrected chi connectivity index (χ1v) is 6.32. The second kappa shape index (κ2) is 4.87. The lowest BCUT2D eigenvalue weighted by molar-refractivity contribution is -0.119. The van der Waals surface area contributed by atoms with Crippen molar-refractivity contribution in [1.29, 1.82) is 0 Å². The van der Waals surface area contributed by atoms with Crippen LogP contribution >= 0.6 is 15.9 Å². The van der Waals surface area contributed by atoms with Crippen LogP contribution in [0.25, 0.3) is 0 Å². The number of benzene rings is 1. The van der Waals surface area contributed by atoms with Crippen LogP contribution in [0.1, 0.15) is 25.7 Å². The van der Waals surface area contributed by atoms with Crippen LogP contribution in [0.5, 0.6) is 0 Å². The smallest absolute Gasteiger partial charge is 0.227 e. The molecular weight excluding hydrogens is 268 g/mol. The summed E-state index contributed by atoms with van der Waals surface area (Å²) >= 11 is 3.32. The lowest BCUT2D eigenvalue weighted by atomic mass is 10.1. The molecule has 1 aromatic carbocycles. The molecule has 0 aromatic heterocycles. The zero-order valence-corrected chi connectivity index (χ0v) is 10.6. The van der Waals surface area contributed by atoms with E-state index in [9.17, 15) is 4.79 Å². The molecule has 1 amide bonds. The van der Waals surface area contributed by atoms with Gasteiger partial charge in [-0.05, 0) is 47.0 Å². The average molecular weight is 283 g/mol. The van der Waals surface area contributed by atoms with Gasteiger partial charge in [-0.1, -0.05) is 12.8 Å². The molecule has 3 nitrogen and oxygen atoms in total. The molecule has 0 bridgehead atoms. The summed E-state index contributed by atoms with van der Waals surface area (Å²) in [4.78, 5) is 11.8. The van der Waals surface area contributed by atoms with Gasteiger partial charge in [0.1, 0.15) is 0 Å². The summed E-state index contributed by atoms with van der Waals surface area (Å²) in [5.41, 5.74) is 7.17. The Kier molecular flexibility index (Phi) is 3.49. The fourth-order valence-electron chi connectivity index (χ4n) is 2.05. The number of anilines is 2. The third kappa shape index (κ3) is 2.55. The summed E-state index contributed by atoms with van der Waals surface area (Å²) < 4.78 is 0.853. The van der Waals surface area contributed by atoms with Crippen LogP contribution in [0, 0.1) is 5.92 Å². The number of hydrogen-bond acceptors (Lipinski definition) is 2. The average Bonchev–Trinajstić information content (AvgIpc) is 2.77. The van der Waals surface area contributed by atoms with Gasteiger partial charge in [0, 0.05) is 21.8 Å². The first kappa shape index (κ1) is 11.5. The third-order valence-corrected chi connectivity index (χ3v) is 3.71.